The summed E-state index contributed by atoms with van der Waals surface area (Å²) in [5, 5.41) is 7.31. The van der Waals surface area contributed by atoms with Gasteiger partial charge in [-0.25, -0.2) is 0 Å². The average Bonchev–Trinajstić information content (AvgIpc) is 2.82. The second-order valence-electron chi connectivity index (χ2n) is 3.49. The number of aromatic nitrogens is 1. The molecule has 88 valence electrons. The summed E-state index contributed by atoms with van der Waals surface area (Å²) in [6.45, 7) is 0.605. The van der Waals surface area contributed by atoms with Crippen LogP contribution in [0.15, 0.2) is 35.3 Å². The van der Waals surface area contributed by atoms with E-state index < -0.39 is 0 Å². The summed E-state index contributed by atoms with van der Waals surface area (Å²) in [4.78, 5) is 15.6. The van der Waals surface area contributed by atoms with E-state index in [2.05, 4.69) is 21.7 Å². The summed E-state index contributed by atoms with van der Waals surface area (Å²) in [6.07, 6.45) is 3.85. The van der Waals surface area contributed by atoms with E-state index in [-0.39, 0.29) is 5.91 Å². The molecule has 0 bridgehead atoms. The second-order valence-corrected chi connectivity index (χ2v) is 4.68. The summed E-state index contributed by atoms with van der Waals surface area (Å²) < 4.78 is 0. The van der Waals surface area contributed by atoms with Gasteiger partial charge in [0.1, 0.15) is 0 Å². The molecule has 0 saturated heterocycles. The van der Waals surface area contributed by atoms with Gasteiger partial charge in [-0.15, -0.1) is 0 Å². The van der Waals surface area contributed by atoms with E-state index in [4.69, 9.17) is 11.6 Å². The van der Waals surface area contributed by atoms with Gasteiger partial charge >= 0.3 is 0 Å². The Hall–Kier alpha value is -1.39. The van der Waals surface area contributed by atoms with Gasteiger partial charge in [0.25, 0.3) is 5.91 Å². The van der Waals surface area contributed by atoms with Crippen LogP contribution in [0.3, 0.4) is 0 Å². The van der Waals surface area contributed by atoms with Gasteiger partial charge < -0.3 is 5.32 Å². The minimum absolute atomic E-state index is 0.160. The van der Waals surface area contributed by atoms with E-state index in [0.29, 0.717) is 17.1 Å². The lowest BCUT2D eigenvalue weighted by Gasteiger charge is -2.05. The number of hydrogen-bond donors (Lipinski definition) is 1. The summed E-state index contributed by atoms with van der Waals surface area (Å²) in [5.41, 5.74) is 1.70. The maximum Gasteiger partial charge on any atom is 0.252 e. The molecule has 0 aromatic carbocycles. The predicted octanol–water partition coefficient (Wildman–Crippen LogP) is 2.77. The topological polar surface area (TPSA) is 42.0 Å². The van der Waals surface area contributed by atoms with Crippen molar-refractivity contribution < 1.29 is 4.79 Å². The van der Waals surface area contributed by atoms with Crippen LogP contribution in [-0.4, -0.2) is 17.4 Å². The third-order valence-corrected chi connectivity index (χ3v) is 3.33. The van der Waals surface area contributed by atoms with E-state index in [9.17, 15) is 4.79 Å². The standard InChI is InChI=1S/C12H11ClN2OS/c13-11-7-14-4-2-10(11)12(16)15-5-1-9-3-6-17-8-9/h2-4,6-8H,1,5H2,(H,15,16). The van der Waals surface area contributed by atoms with Crippen molar-refractivity contribution >= 4 is 28.8 Å². The number of nitrogens with zero attached hydrogens (tertiary/aromatic N) is 1. The Morgan fingerprint density at radius 3 is 3.06 bits per heavy atom. The highest BCUT2D eigenvalue weighted by molar-refractivity contribution is 7.07. The monoisotopic (exact) mass is 266 g/mol. The van der Waals surface area contributed by atoms with Crippen LogP contribution in [0, 0.1) is 0 Å². The van der Waals surface area contributed by atoms with Crippen molar-refractivity contribution in [1.29, 1.82) is 0 Å². The van der Waals surface area contributed by atoms with Gasteiger partial charge in [-0.3, -0.25) is 9.78 Å². The molecule has 0 aliphatic heterocycles. The Balaban J connectivity index is 1.88. The van der Waals surface area contributed by atoms with Crippen LogP contribution in [0.5, 0.6) is 0 Å². The first-order valence-electron chi connectivity index (χ1n) is 5.16. The first kappa shape index (κ1) is 12.1. The number of carbonyl (C=O) groups is 1. The van der Waals surface area contributed by atoms with Crippen molar-refractivity contribution in [2.75, 3.05) is 6.54 Å². The first-order valence-corrected chi connectivity index (χ1v) is 6.48. The molecule has 5 heteroatoms. The van der Waals surface area contributed by atoms with Gasteiger partial charge in [0.2, 0.25) is 0 Å². The molecular weight excluding hydrogens is 256 g/mol. The van der Waals surface area contributed by atoms with Crippen molar-refractivity contribution in [3.8, 4) is 0 Å². The maximum atomic E-state index is 11.8. The quantitative estimate of drug-likeness (QED) is 0.925. The number of pyridine rings is 1. The Morgan fingerprint density at radius 1 is 1.47 bits per heavy atom. The second kappa shape index (κ2) is 5.80. The van der Waals surface area contributed by atoms with Gasteiger partial charge in [-0.1, -0.05) is 11.6 Å². The Kier molecular flexibility index (Phi) is 4.12. The van der Waals surface area contributed by atoms with Gasteiger partial charge in [0.15, 0.2) is 0 Å². The zero-order chi connectivity index (χ0) is 12.1. The lowest BCUT2D eigenvalue weighted by molar-refractivity contribution is 0.0954. The van der Waals surface area contributed by atoms with E-state index in [1.165, 1.54) is 11.8 Å². The van der Waals surface area contributed by atoms with Gasteiger partial charge in [-0.2, -0.15) is 11.3 Å². The first-order chi connectivity index (χ1) is 8.27. The van der Waals surface area contributed by atoms with E-state index in [0.717, 1.165) is 6.42 Å². The van der Waals surface area contributed by atoms with Crippen LogP contribution in [0.25, 0.3) is 0 Å². The fraction of sp³-hybridized carbons (Fsp3) is 0.167. The fourth-order valence-electron chi connectivity index (χ4n) is 1.41. The normalized spacial score (nSPS) is 10.2. The van der Waals surface area contributed by atoms with E-state index in [1.54, 1.807) is 23.6 Å². The highest BCUT2D eigenvalue weighted by Gasteiger charge is 2.08. The number of amides is 1. The smallest absolute Gasteiger partial charge is 0.252 e. The SMILES string of the molecule is O=C(NCCc1ccsc1)c1ccncc1Cl. The van der Waals surface area contributed by atoms with E-state index >= 15 is 0 Å². The molecule has 0 atom stereocenters. The minimum Gasteiger partial charge on any atom is -0.352 e. The number of carbonyl (C=O) groups excluding carboxylic acids is 1. The highest BCUT2D eigenvalue weighted by atomic mass is 35.5. The van der Waals surface area contributed by atoms with Gasteiger partial charge in [0, 0.05) is 18.9 Å². The van der Waals surface area contributed by atoms with Crippen molar-refractivity contribution in [2.24, 2.45) is 0 Å². The number of thiophene rings is 1. The zero-order valence-electron chi connectivity index (χ0n) is 9.02. The van der Waals surface area contributed by atoms with Gasteiger partial charge in [-0.05, 0) is 34.9 Å². The Bertz CT molecular complexity index is 499. The molecule has 0 aliphatic carbocycles. The molecular formula is C12H11ClN2OS. The van der Waals surface area contributed by atoms with Crippen LogP contribution in [0.2, 0.25) is 5.02 Å². The van der Waals surface area contributed by atoms with Crippen molar-refractivity contribution in [2.45, 2.75) is 6.42 Å². The van der Waals surface area contributed by atoms with E-state index in [1.807, 2.05) is 5.38 Å². The fourth-order valence-corrected chi connectivity index (χ4v) is 2.32. The lowest BCUT2D eigenvalue weighted by atomic mass is 10.2. The molecule has 0 radical (unpaired) electrons. The van der Waals surface area contributed by atoms with Crippen LogP contribution in [0.4, 0.5) is 0 Å². The van der Waals surface area contributed by atoms with Crippen LogP contribution >= 0.6 is 22.9 Å². The number of halogens is 1. The number of rotatable bonds is 4. The van der Waals surface area contributed by atoms with Crippen molar-refractivity contribution in [1.82, 2.24) is 10.3 Å². The van der Waals surface area contributed by atoms with Crippen molar-refractivity contribution in [3.05, 3.63) is 51.4 Å². The summed E-state index contributed by atoms with van der Waals surface area (Å²) in [5.74, 6) is -0.160. The molecule has 0 fully saturated rings. The molecule has 1 amide bonds. The molecule has 17 heavy (non-hydrogen) atoms. The molecule has 0 saturated carbocycles. The summed E-state index contributed by atoms with van der Waals surface area (Å²) >= 11 is 7.53. The predicted molar refractivity (Wildman–Crippen MR) is 69.6 cm³/mol. The molecule has 0 aliphatic rings. The summed E-state index contributed by atoms with van der Waals surface area (Å²) in [6, 6.07) is 3.67. The van der Waals surface area contributed by atoms with Crippen LogP contribution in [0.1, 0.15) is 15.9 Å². The molecule has 2 aromatic rings. The molecule has 2 heterocycles. The molecule has 1 N–H and O–H groups in total. The molecule has 0 spiro atoms. The minimum atomic E-state index is -0.160. The maximum absolute atomic E-state index is 11.8. The third-order valence-electron chi connectivity index (χ3n) is 2.30. The lowest BCUT2D eigenvalue weighted by Crippen LogP contribution is -2.25. The molecule has 2 rings (SSSR count). The van der Waals surface area contributed by atoms with Crippen LogP contribution in [-0.2, 0) is 6.42 Å². The largest absolute Gasteiger partial charge is 0.352 e. The van der Waals surface area contributed by atoms with Crippen LogP contribution < -0.4 is 5.32 Å². The Labute approximate surface area is 108 Å². The molecule has 2 aromatic heterocycles. The zero-order valence-corrected chi connectivity index (χ0v) is 10.6. The average molecular weight is 267 g/mol. The molecule has 3 nitrogen and oxygen atoms in total. The van der Waals surface area contributed by atoms with Crippen molar-refractivity contribution in [3.63, 3.8) is 0 Å². The highest BCUT2D eigenvalue weighted by Crippen LogP contribution is 2.13. The summed E-state index contributed by atoms with van der Waals surface area (Å²) in [7, 11) is 0. The Morgan fingerprint density at radius 2 is 2.35 bits per heavy atom. The number of nitrogens with one attached hydrogen (secondary N) is 1. The third kappa shape index (κ3) is 3.28. The van der Waals surface area contributed by atoms with Gasteiger partial charge in [0.05, 0.1) is 10.6 Å². The number of hydrogen-bond acceptors (Lipinski definition) is 3. The molecule has 0 unspecified atom stereocenters.